The van der Waals surface area contributed by atoms with E-state index in [0.29, 0.717) is 18.7 Å². The molecule has 1 aromatic heterocycles. The zero-order valence-electron chi connectivity index (χ0n) is 12.2. The topological polar surface area (TPSA) is 61.4 Å². The average Bonchev–Trinajstić information content (AvgIpc) is 3.18. The van der Waals surface area contributed by atoms with Gasteiger partial charge in [-0.25, -0.2) is 4.79 Å². The van der Waals surface area contributed by atoms with Crippen molar-refractivity contribution in [2.75, 3.05) is 18.0 Å². The van der Waals surface area contributed by atoms with Crippen LogP contribution in [-0.2, 0) is 0 Å². The molecule has 2 N–H and O–H groups in total. The SMILES string of the molecule is C[C@@H](NC(=O)c1ccc(N2CCNC2=O)cc1)c1cccs1. The molecule has 1 atom stereocenters. The largest absolute Gasteiger partial charge is 0.345 e. The maximum Gasteiger partial charge on any atom is 0.321 e. The van der Waals surface area contributed by atoms with E-state index in [1.54, 1.807) is 40.5 Å². The number of urea groups is 1. The molecule has 22 heavy (non-hydrogen) atoms. The first-order valence-electron chi connectivity index (χ1n) is 7.15. The molecule has 1 aliphatic rings. The summed E-state index contributed by atoms with van der Waals surface area (Å²) in [6.07, 6.45) is 0. The van der Waals surface area contributed by atoms with Gasteiger partial charge in [-0.05, 0) is 42.6 Å². The Morgan fingerprint density at radius 1 is 1.32 bits per heavy atom. The van der Waals surface area contributed by atoms with E-state index >= 15 is 0 Å². The lowest BCUT2D eigenvalue weighted by atomic mass is 10.1. The van der Waals surface area contributed by atoms with Gasteiger partial charge in [-0.3, -0.25) is 9.69 Å². The molecule has 0 bridgehead atoms. The monoisotopic (exact) mass is 315 g/mol. The molecule has 2 aromatic rings. The molecule has 0 aliphatic carbocycles. The number of rotatable bonds is 4. The molecule has 3 rings (SSSR count). The third-order valence-corrected chi connectivity index (χ3v) is 4.67. The Kier molecular flexibility index (Phi) is 4.11. The zero-order chi connectivity index (χ0) is 15.5. The van der Waals surface area contributed by atoms with E-state index in [2.05, 4.69) is 10.6 Å². The third-order valence-electron chi connectivity index (χ3n) is 3.62. The standard InChI is InChI=1S/C16H17N3O2S/c1-11(14-3-2-10-22-14)18-15(20)12-4-6-13(7-5-12)19-9-8-17-16(19)21/h2-7,10-11H,8-9H2,1H3,(H,17,21)(H,18,20)/t11-/m1/s1. The first-order chi connectivity index (χ1) is 10.6. The fraction of sp³-hybridized carbons (Fsp3) is 0.250. The summed E-state index contributed by atoms with van der Waals surface area (Å²) in [6, 6.07) is 11.0. The van der Waals surface area contributed by atoms with Crippen LogP contribution in [0.5, 0.6) is 0 Å². The molecule has 114 valence electrons. The highest BCUT2D eigenvalue weighted by Crippen LogP contribution is 2.20. The summed E-state index contributed by atoms with van der Waals surface area (Å²) < 4.78 is 0. The molecule has 1 aromatic carbocycles. The van der Waals surface area contributed by atoms with Gasteiger partial charge < -0.3 is 10.6 Å². The highest BCUT2D eigenvalue weighted by atomic mass is 32.1. The molecular formula is C16H17N3O2S. The lowest BCUT2D eigenvalue weighted by Crippen LogP contribution is -2.28. The Labute approximate surface area is 132 Å². The van der Waals surface area contributed by atoms with Crippen molar-refractivity contribution in [3.63, 3.8) is 0 Å². The second kappa shape index (κ2) is 6.19. The van der Waals surface area contributed by atoms with Crippen LogP contribution in [0.2, 0.25) is 0 Å². The van der Waals surface area contributed by atoms with E-state index < -0.39 is 0 Å². The number of nitrogens with one attached hydrogen (secondary N) is 2. The van der Waals surface area contributed by atoms with Crippen LogP contribution in [0, 0.1) is 0 Å². The maximum atomic E-state index is 12.2. The van der Waals surface area contributed by atoms with Gasteiger partial charge in [-0.1, -0.05) is 6.07 Å². The number of benzene rings is 1. The van der Waals surface area contributed by atoms with Crippen LogP contribution >= 0.6 is 11.3 Å². The summed E-state index contributed by atoms with van der Waals surface area (Å²) in [4.78, 5) is 26.6. The zero-order valence-corrected chi connectivity index (χ0v) is 13.0. The van der Waals surface area contributed by atoms with Crippen LogP contribution in [0.3, 0.4) is 0 Å². The lowest BCUT2D eigenvalue weighted by molar-refractivity contribution is 0.0940. The average molecular weight is 315 g/mol. The van der Waals surface area contributed by atoms with Crippen LogP contribution in [-0.4, -0.2) is 25.0 Å². The van der Waals surface area contributed by atoms with Gasteiger partial charge in [-0.15, -0.1) is 11.3 Å². The summed E-state index contributed by atoms with van der Waals surface area (Å²) >= 11 is 1.62. The molecule has 1 saturated heterocycles. The Morgan fingerprint density at radius 2 is 2.09 bits per heavy atom. The quantitative estimate of drug-likeness (QED) is 0.911. The normalized spacial score (nSPS) is 15.5. The number of carbonyl (C=O) groups excluding carboxylic acids is 2. The van der Waals surface area contributed by atoms with Gasteiger partial charge in [0.15, 0.2) is 0 Å². The van der Waals surface area contributed by atoms with Crippen LogP contribution in [0.4, 0.5) is 10.5 Å². The number of carbonyl (C=O) groups is 2. The van der Waals surface area contributed by atoms with Gasteiger partial charge in [0, 0.05) is 29.2 Å². The smallest absolute Gasteiger partial charge is 0.321 e. The summed E-state index contributed by atoms with van der Waals surface area (Å²) in [7, 11) is 0. The number of hydrogen-bond acceptors (Lipinski definition) is 3. The lowest BCUT2D eigenvalue weighted by Gasteiger charge is -2.15. The van der Waals surface area contributed by atoms with Crippen LogP contribution in [0.1, 0.15) is 28.2 Å². The summed E-state index contributed by atoms with van der Waals surface area (Å²) in [5.74, 6) is -0.113. The molecule has 6 heteroatoms. The summed E-state index contributed by atoms with van der Waals surface area (Å²) in [6.45, 7) is 3.27. The molecule has 5 nitrogen and oxygen atoms in total. The van der Waals surface area contributed by atoms with Crippen molar-refractivity contribution in [1.82, 2.24) is 10.6 Å². The van der Waals surface area contributed by atoms with Gasteiger partial charge in [0.2, 0.25) is 0 Å². The second-order valence-electron chi connectivity index (χ2n) is 5.14. The third kappa shape index (κ3) is 2.96. The molecule has 2 heterocycles. The van der Waals surface area contributed by atoms with Gasteiger partial charge in [-0.2, -0.15) is 0 Å². The predicted molar refractivity (Wildman–Crippen MR) is 87.4 cm³/mol. The molecule has 1 fully saturated rings. The van der Waals surface area contributed by atoms with E-state index in [-0.39, 0.29) is 18.0 Å². The van der Waals surface area contributed by atoms with Crippen LogP contribution in [0.15, 0.2) is 41.8 Å². The fourth-order valence-electron chi connectivity index (χ4n) is 2.40. The molecule has 0 spiro atoms. The van der Waals surface area contributed by atoms with Crippen LogP contribution in [0.25, 0.3) is 0 Å². The maximum absolute atomic E-state index is 12.2. The van der Waals surface area contributed by atoms with Crippen molar-refractivity contribution in [3.8, 4) is 0 Å². The number of nitrogens with zero attached hydrogens (tertiary/aromatic N) is 1. The molecule has 0 saturated carbocycles. The Bertz CT molecular complexity index is 667. The van der Waals surface area contributed by atoms with Crippen LogP contribution < -0.4 is 15.5 Å². The number of anilines is 1. The van der Waals surface area contributed by atoms with Crippen molar-refractivity contribution in [3.05, 3.63) is 52.2 Å². The Balaban J connectivity index is 1.67. The van der Waals surface area contributed by atoms with Crippen molar-refractivity contribution in [1.29, 1.82) is 0 Å². The van der Waals surface area contributed by atoms with Gasteiger partial charge in [0.25, 0.3) is 5.91 Å². The van der Waals surface area contributed by atoms with E-state index in [1.165, 1.54) is 0 Å². The summed E-state index contributed by atoms with van der Waals surface area (Å²) in [5.41, 5.74) is 1.39. The second-order valence-corrected chi connectivity index (χ2v) is 6.12. The van der Waals surface area contributed by atoms with Crippen molar-refractivity contribution in [2.24, 2.45) is 0 Å². The fourth-order valence-corrected chi connectivity index (χ4v) is 3.13. The highest BCUT2D eigenvalue weighted by molar-refractivity contribution is 7.10. The van der Waals surface area contributed by atoms with Gasteiger partial charge in [0.05, 0.1) is 6.04 Å². The predicted octanol–water partition coefficient (Wildman–Crippen LogP) is 2.77. The minimum Gasteiger partial charge on any atom is -0.345 e. The Morgan fingerprint density at radius 3 is 2.68 bits per heavy atom. The molecule has 3 amide bonds. The number of thiophene rings is 1. The van der Waals surface area contributed by atoms with E-state index in [4.69, 9.17) is 0 Å². The molecule has 0 radical (unpaired) electrons. The summed E-state index contributed by atoms with van der Waals surface area (Å²) in [5, 5.41) is 7.72. The molecular weight excluding hydrogens is 298 g/mol. The van der Waals surface area contributed by atoms with Gasteiger partial charge >= 0.3 is 6.03 Å². The first kappa shape index (κ1) is 14.6. The van der Waals surface area contributed by atoms with Gasteiger partial charge in [0.1, 0.15) is 0 Å². The number of hydrogen-bond donors (Lipinski definition) is 2. The Hall–Kier alpha value is -2.34. The minimum atomic E-state index is -0.113. The van der Waals surface area contributed by atoms with Crippen molar-refractivity contribution >= 4 is 29.0 Å². The first-order valence-corrected chi connectivity index (χ1v) is 8.03. The number of amides is 3. The van der Waals surface area contributed by atoms with E-state index in [0.717, 1.165) is 10.6 Å². The molecule has 1 aliphatic heterocycles. The van der Waals surface area contributed by atoms with Crippen molar-refractivity contribution < 1.29 is 9.59 Å². The van der Waals surface area contributed by atoms with E-state index in [9.17, 15) is 9.59 Å². The minimum absolute atomic E-state index is 0.0171. The highest BCUT2D eigenvalue weighted by Gasteiger charge is 2.21. The van der Waals surface area contributed by atoms with E-state index in [1.807, 2.05) is 24.4 Å². The molecule has 0 unspecified atom stereocenters. The van der Waals surface area contributed by atoms with Crippen molar-refractivity contribution in [2.45, 2.75) is 13.0 Å².